The number of Topliss-reactive ketones (excluding diaryl/α,β-unsaturated/α-hetero) is 3. The van der Waals surface area contributed by atoms with Crippen LogP contribution in [0.4, 0.5) is 0 Å². The Morgan fingerprint density at radius 1 is 0.949 bits per heavy atom. The van der Waals surface area contributed by atoms with Crippen LogP contribution in [0, 0.1) is 36.5 Å². The first-order chi connectivity index (χ1) is 27.8. The number of amides is 1. The SMILES string of the molecule is C=C[C@H](C)[C@@H](C)[C@@H](OC(C)=O)[C@H](C)[C@H](O)[C@H](C)[C@@H](O)[C@@H](C)/C=C/C=C(/C)C(=O)NC1=C(/C=N/N2CCN(CCC)CC2)C(=O)c2c(c(O)c(C)c3c2C(=O)[C@H](C)O3)C1=O. The Morgan fingerprint density at radius 3 is 2.19 bits per heavy atom. The number of esters is 1. The molecular weight excluding hydrogens is 757 g/mol. The first-order valence-electron chi connectivity index (χ1n) is 20.5. The van der Waals surface area contributed by atoms with Gasteiger partial charge in [-0.1, -0.05) is 65.8 Å². The summed E-state index contributed by atoms with van der Waals surface area (Å²) in [5, 5.41) is 42.7. The van der Waals surface area contributed by atoms with Crippen LogP contribution in [0.1, 0.15) is 105 Å². The highest BCUT2D eigenvalue weighted by atomic mass is 16.5. The lowest BCUT2D eigenvalue weighted by atomic mass is 9.77. The number of carbonyl (C=O) groups excluding carboxylic acids is 5. The molecule has 3 aliphatic rings. The number of aromatic hydroxyl groups is 1. The zero-order valence-corrected chi connectivity index (χ0v) is 36.1. The second-order valence-corrected chi connectivity index (χ2v) is 16.3. The van der Waals surface area contributed by atoms with E-state index < -0.39 is 88.4 Å². The summed E-state index contributed by atoms with van der Waals surface area (Å²) in [6, 6.07) is 0. The lowest BCUT2D eigenvalue weighted by Crippen LogP contribution is -2.45. The molecule has 1 fully saturated rings. The number of benzene rings is 1. The molecule has 0 aromatic heterocycles. The summed E-state index contributed by atoms with van der Waals surface area (Å²) in [6.07, 6.45) is 5.16. The number of nitrogens with one attached hydrogen (secondary N) is 1. The van der Waals surface area contributed by atoms with Crippen molar-refractivity contribution in [2.24, 2.45) is 34.7 Å². The van der Waals surface area contributed by atoms with Crippen LogP contribution >= 0.6 is 0 Å². The zero-order chi connectivity index (χ0) is 44.0. The number of allylic oxidation sites excluding steroid dienone is 5. The van der Waals surface area contributed by atoms with Gasteiger partial charge >= 0.3 is 5.97 Å². The van der Waals surface area contributed by atoms with Gasteiger partial charge in [0.1, 0.15) is 23.3 Å². The molecule has 4 rings (SSSR count). The Morgan fingerprint density at radius 2 is 1.59 bits per heavy atom. The van der Waals surface area contributed by atoms with E-state index in [-0.39, 0.29) is 45.4 Å². The lowest BCUT2D eigenvalue weighted by molar-refractivity contribution is -0.158. The number of rotatable bonds is 17. The number of hydrogen-bond acceptors (Lipinski definition) is 13. The highest BCUT2D eigenvalue weighted by molar-refractivity contribution is 6.37. The molecule has 14 heteroatoms. The van der Waals surface area contributed by atoms with Crippen LogP contribution in [0.5, 0.6) is 11.5 Å². The van der Waals surface area contributed by atoms with Crippen LogP contribution in [0.2, 0.25) is 0 Å². The van der Waals surface area contributed by atoms with Gasteiger partial charge in [0.25, 0.3) is 5.91 Å². The third kappa shape index (κ3) is 10.1. The molecule has 1 aromatic rings. The second-order valence-electron chi connectivity index (χ2n) is 16.3. The number of hydrogen-bond donors (Lipinski definition) is 4. The first kappa shape index (κ1) is 46.8. The maximum Gasteiger partial charge on any atom is 0.302 e. The standard InChI is InChI=1S/C45H62N4O10/c1-12-17-48-18-20-49(21-19-48)46-22-32-36(42(56)34-33(41(32)55)35-40(54)30(10)58-44(35)29(9)39(34)53)47-45(57)25(5)16-14-15-24(4)37(51)27(7)38(52)28(8)43(59-31(11)50)26(6)23(3)13-2/h13-16,22-24,26-28,30,37-38,43,51-53H,2,12,17-21H2,1,3-11H3,(H,47,57)/b15-14+,25-16-,46-22+/t23-,24-,26+,27+,28+,30-,37-,38+,43+/m0/s1. The minimum atomic E-state index is -1.02. The molecule has 322 valence electrons. The van der Waals surface area contributed by atoms with Gasteiger partial charge in [-0.25, -0.2) is 0 Å². The van der Waals surface area contributed by atoms with Crippen molar-refractivity contribution in [2.45, 2.75) is 100 Å². The number of carbonyl (C=O) groups is 5. The predicted octanol–water partition coefficient (Wildman–Crippen LogP) is 4.95. The molecule has 2 heterocycles. The van der Waals surface area contributed by atoms with Crippen molar-refractivity contribution in [3.63, 3.8) is 0 Å². The zero-order valence-electron chi connectivity index (χ0n) is 36.1. The predicted molar refractivity (Wildman–Crippen MR) is 224 cm³/mol. The van der Waals surface area contributed by atoms with E-state index in [0.717, 1.165) is 26.1 Å². The molecule has 1 aliphatic carbocycles. The van der Waals surface area contributed by atoms with Gasteiger partial charge < -0.3 is 30.1 Å². The number of piperazine rings is 1. The van der Waals surface area contributed by atoms with Crippen molar-refractivity contribution in [3.05, 3.63) is 70.0 Å². The molecule has 1 saturated heterocycles. The van der Waals surface area contributed by atoms with Gasteiger partial charge in [0, 0.05) is 62.0 Å². The van der Waals surface area contributed by atoms with Gasteiger partial charge in [0.15, 0.2) is 11.9 Å². The summed E-state index contributed by atoms with van der Waals surface area (Å²) in [5.41, 5.74) is -1.12. The molecule has 2 aliphatic heterocycles. The molecule has 0 radical (unpaired) electrons. The first-order valence-corrected chi connectivity index (χ1v) is 20.5. The van der Waals surface area contributed by atoms with Crippen molar-refractivity contribution in [1.82, 2.24) is 15.2 Å². The van der Waals surface area contributed by atoms with E-state index in [2.05, 4.69) is 28.8 Å². The number of aliphatic hydroxyl groups excluding tert-OH is 2. The molecule has 9 atom stereocenters. The number of fused-ring (bicyclic) bond motifs is 3. The van der Waals surface area contributed by atoms with E-state index >= 15 is 0 Å². The third-order valence-corrected chi connectivity index (χ3v) is 12.1. The Labute approximate surface area is 347 Å². The molecule has 0 bridgehead atoms. The van der Waals surface area contributed by atoms with E-state index in [1.807, 2.05) is 13.8 Å². The van der Waals surface area contributed by atoms with Crippen molar-refractivity contribution in [1.29, 1.82) is 0 Å². The molecule has 1 amide bonds. The quantitative estimate of drug-likeness (QED) is 0.0544. The van der Waals surface area contributed by atoms with Gasteiger partial charge in [-0.05, 0) is 45.6 Å². The summed E-state index contributed by atoms with van der Waals surface area (Å²) in [7, 11) is 0. The van der Waals surface area contributed by atoms with Crippen LogP contribution in [0.3, 0.4) is 0 Å². The highest BCUT2D eigenvalue weighted by Gasteiger charge is 2.45. The minimum absolute atomic E-state index is 0.00478. The molecule has 59 heavy (non-hydrogen) atoms. The number of aliphatic hydroxyl groups is 2. The Kier molecular flexibility index (Phi) is 15.8. The van der Waals surface area contributed by atoms with Gasteiger partial charge in [-0.3, -0.25) is 33.9 Å². The van der Waals surface area contributed by atoms with Crippen LogP contribution in [0.25, 0.3) is 0 Å². The normalized spacial score (nSPS) is 21.7. The summed E-state index contributed by atoms with van der Waals surface area (Å²) in [6.45, 7) is 24.5. The van der Waals surface area contributed by atoms with Gasteiger partial charge in [0.2, 0.25) is 11.6 Å². The average molecular weight is 819 g/mol. The molecule has 4 N–H and O–H groups in total. The van der Waals surface area contributed by atoms with Crippen molar-refractivity contribution >= 4 is 35.4 Å². The van der Waals surface area contributed by atoms with Gasteiger partial charge in [-0.2, -0.15) is 5.10 Å². The number of phenolic OH excluding ortho intramolecular Hbond substituents is 1. The van der Waals surface area contributed by atoms with Crippen molar-refractivity contribution < 1.29 is 48.8 Å². The highest BCUT2D eigenvalue weighted by Crippen LogP contribution is 2.46. The second kappa shape index (κ2) is 19.9. The maximum absolute atomic E-state index is 14.3. The van der Waals surface area contributed by atoms with E-state index in [1.165, 1.54) is 40.0 Å². The Balaban J connectivity index is 1.58. The molecular formula is C45H62N4O10. The van der Waals surface area contributed by atoms with Crippen LogP contribution in [0.15, 0.2) is 52.8 Å². The number of hydrazone groups is 1. The monoisotopic (exact) mass is 818 g/mol. The Hall–Kier alpha value is -4.92. The molecule has 1 aromatic carbocycles. The fourth-order valence-electron chi connectivity index (χ4n) is 7.91. The molecule has 0 unspecified atom stereocenters. The maximum atomic E-state index is 14.3. The van der Waals surface area contributed by atoms with E-state index in [0.29, 0.717) is 13.1 Å². The summed E-state index contributed by atoms with van der Waals surface area (Å²) in [5.74, 6) is -5.54. The third-order valence-electron chi connectivity index (χ3n) is 12.1. The fourth-order valence-corrected chi connectivity index (χ4v) is 7.91. The Bertz CT molecular complexity index is 1940. The summed E-state index contributed by atoms with van der Waals surface area (Å²) >= 11 is 0. The molecule has 0 saturated carbocycles. The van der Waals surface area contributed by atoms with Crippen molar-refractivity contribution in [2.75, 3.05) is 32.7 Å². The van der Waals surface area contributed by atoms with Crippen LogP contribution in [-0.2, 0) is 14.3 Å². The van der Waals surface area contributed by atoms with E-state index in [9.17, 15) is 39.3 Å². The number of phenols is 1. The van der Waals surface area contributed by atoms with Crippen LogP contribution < -0.4 is 10.1 Å². The number of ketones is 3. The van der Waals surface area contributed by atoms with Crippen molar-refractivity contribution in [3.8, 4) is 11.5 Å². The number of ether oxygens (including phenoxy) is 2. The number of nitrogens with zero attached hydrogens (tertiary/aromatic N) is 3. The average Bonchev–Trinajstić information content (AvgIpc) is 3.51. The fraction of sp³-hybridized carbons (Fsp3) is 0.556. The lowest BCUT2D eigenvalue weighted by Gasteiger charge is -2.37. The van der Waals surface area contributed by atoms with Gasteiger partial charge in [0.05, 0.1) is 40.7 Å². The van der Waals surface area contributed by atoms with Crippen LogP contribution in [-0.4, -0.2) is 118 Å². The topological polar surface area (TPSA) is 195 Å². The summed E-state index contributed by atoms with van der Waals surface area (Å²) < 4.78 is 11.3. The summed E-state index contributed by atoms with van der Waals surface area (Å²) in [4.78, 5) is 69.8. The molecule has 14 nitrogen and oxygen atoms in total. The smallest absolute Gasteiger partial charge is 0.302 e. The van der Waals surface area contributed by atoms with E-state index in [1.54, 1.807) is 44.0 Å². The minimum Gasteiger partial charge on any atom is -0.507 e. The molecule has 0 spiro atoms. The van der Waals surface area contributed by atoms with E-state index in [4.69, 9.17) is 9.47 Å². The largest absolute Gasteiger partial charge is 0.507 e. The van der Waals surface area contributed by atoms with Gasteiger partial charge in [-0.15, -0.1) is 6.58 Å².